The molecule has 0 amide bonds. The van der Waals surface area contributed by atoms with Crippen LogP contribution in [0, 0.1) is 11.8 Å². The topological polar surface area (TPSA) is 117 Å². The number of epoxide rings is 1. The van der Waals surface area contributed by atoms with E-state index in [4.69, 9.17) is 9.47 Å². The van der Waals surface area contributed by atoms with Crippen LogP contribution < -0.4 is 0 Å². The van der Waals surface area contributed by atoms with Crippen molar-refractivity contribution < 1.29 is 34.4 Å². The number of Topliss-reactive ketones (excluding diaryl/α,β-unsaturated/α-hetero) is 1. The van der Waals surface area contributed by atoms with Crippen molar-refractivity contribution in [1.29, 1.82) is 0 Å². The fraction of sp³-hybridized carbons (Fsp3) is 0.714. The molecule has 0 saturated carbocycles. The van der Waals surface area contributed by atoms with Gasteiger partial charge in [-0.25, -0.2) is 0 Å². The van der Waals surface area contributed by atoms with Crippen molar-refractivity contribution in [3.8, 4) is 0 Å². The molecule has 2 aliphatic rings. The number of allylic oxidation sites excluding steroid dienone is 4. The van der Waals surface area contributed by atoms with Crippen molar-refractivity contribution in [2.75, 3.05) is 0 Å². The molecule has 0 bridgehead atoms. The predicted octanol–water partition coefficient (Wildman–Crippen LogP) is 3.80. The number of ketones is 1. The second-order valence-electron chi connectivity index (χ2n) is 10.6. The maximum absolute atomic E-state index is 12.5. The Morgan fingerprint density at radius 3 is 2.66 bits per heavy atom. The first-order valence-corrected chi connectivity index (χ1v) is 12.8. The zero-order valence-electron chi connectivity index (χ0n) is 22.1. The lowest BCUT2D eigenvalue weighted by molar-refractivity contribution is -0.148. The van der Waals surface area contributed by atoms with Crippen LogP contribution in [-0.2, 0) is 19.1 Å². The summed E-state index contributed by atoms with van der Waals surface area (Å²) in [5.74, 6) is -0.452. The van der Waals surface area contributed by atoms with E-state index in [9.17, 15) is 24.9 Å². The lowest BCUT2D eigenvalue weighted by atomic mass is 9.89. The normalized spacial score (nSPS) is 33.9. The van der Waals surface area contributed by atoms with E-state index < -0.39 is 23.8 Å². The van der Waals surface area contributed by atoms with Crippen LogP contribution in [0.1, 0.15) is 80.1 Å². The van der Waals surface area contributed by atoms with E-state index in [1.165, 1.54) is 6.92 Å². The molecule has 35 heavy (non-hydrogen) atoms. The molecule has 0 radical (unpaired) electrons. The molecular formula is C28H44O7. The van der Waals surface area contributed by atoms with Crippen LogP contribution in [-0.4, -0.2) is 63.2 Å². The van der Waals surface area contributed by atoms with Crippen LogP contribution >= 0.6 is 0 Å². The van der Waals surface area contributed by atoms with Crippen molar-refractivity contribution in [2.45, 2.75) is 116 Å². The Kier molecular flexibility index (Phi) is 10.9. The fourth-order valence-corrected chi connectivity index (χ4v) is 4.52. The average molecular weight is 493 g/mol. The molecule has 0 aromatic rings. The first-order valence-electron chi connectivity index (χ1n) is 12.8. The van der Waals surface area contributed by atoms with Crippen LogP contribution in [0.3, 0.4) is 0 Å². The van der Waals surface area contributed by atoms with Crippen molar-refractivity contribution in [3.63, 3.8) is 0 Å². The van der Waals surface area contributed by atoms with Gasteiger partial charge in [0.1, 0.15) is 11.7 Å². The van der Waals surface area contributed by atoms with Crippen LogP contribution in [0.15, 0.2) is 35.5 Å². The average Bonchev–Trinajstić information content (AvgIpc) is 3.56. The third-order valence-electron chi connectivity index (χ3n) is 7.22. The zero-order valence-corrected chi connectivity index (χ0v) is 22.1. The minimum absolute atomic E-state index is 0.0246. The lowest BCUT2D eigenvalue weighted by Gasteiger charge is -2.25. The summed E-state index contributed by atoms with van der Waals surface area (Å²) in [7, 11) is 0. The summed E-state index contributed by atoms with van der Waals surface area (Å²) in [6, 6.07) is 0. The van der Waals surface area contributed by atoms with Gasteiger partial charge in [0, 0.05) is 12.3 Å². The first kappa shape index (κ1) is 29.4. The largest absolute Gasteiger partial charge is 0.453 e. The number of aliphatic hydroxyl groups excluding tert-OH is 2. The third kappa shape index (κ3) is 8.98. The fourth-order valence-electron chi connectivity index (χ4n) is 4.52. The second kappa shape index (κ2) is 12.9. The van der Waals surface area contributed by atoms with Gasteiger partial charge >= 0.3 is 5.97 Å². The lowest BCUT2D eigenvalue weighted by Crippen LogP contribution is -2.36. The second-order valence-corrected chi connectivity index (χ2v) is 10.6. The number of carbonyl (C=O) groups excluding carboxylic acids is 2. The molecule has 0 aromatic carbocycles. The van der Waals surface area contributed by atoms with Gasteiger partial charge in [-0.05, 0) is 63.5 Å². The van der Waals surface area contributed by atoms with Crippen LogP contribution in [0.2, 0.25) is 0 Å². The van der Waals surface area contributed by atoms with Crippen LogP contribution in [0.25, 0.3) is 0 Å². The standard InChI is InChI=1S/C28H44O7/c1-7-22(30)20(5)27-23(34-27)15-17(2)9-8-10-18(3)26-19(4)11-12-24(31)28(6,33)14-13-21(29)16-25(32)35-26/h8-11,17,20-23,26-27,29-30,33H,7,12-16H2,1-6H3. The number of rotatable bonds is 8. The number of aliphatic hydroxyl groups is 3. The molecule has 198 valence electrons. The van der Waals surface area contributed by atoms with Crippen LogP contribution in [0.5, 0.6) is 0 Å². The van der Waals surface area contributed by atoms with E-state index in [0.29, 0.717) is 5.57 Å². The minimum atomic E-state index is -1.54. The number of cyclic esters (lactones) is 1. The summed E-state index contributed by atoms with van der Waals surface area (Å²) < 4.78 is 11.5. The predicted molar refractivity (Wildman–Crippen MR) is 135 cm³/mol. The highest BCUT2D eigenvalue weighted by atomic mass is 16.6. The quantitative estimate of drug-likeness (QED) is 0.204. The summed E-state index contributed by atoms with van der Waals surface area (Å²) >= 11 is 0. The Labute approximate surface area is 209 Å². The summed E-state index contributed by atoms with van der Waals surface area (Å²) in [5.41, 5.74) is -0.0522. The zero-order chi connectivity index (χ0) is 26.3. The van der Waals surface area contributed by atoms with E-state index in [2.05, 4.69) is 13.0 Å². The Balaban J connectivity index is 2.05. The van der Waals surface area contributed by atoms with Gasteiger partial charge < -0.3 is 24.8 Å². The summed E-state index contributed by atoms with van der Waals surface area (Å²) in [6.07, 6.45) is 7.54. The maximum atomic E-state index is 12.5. The molecule has 0 spiro atoms. The molecule has 7 heteroatoms. The minimum Gasteiger partial charge on any atom is -0.453 e. The number of hydrogen-bond acceptors (Lipinski definition) is 7. The molecule has 1 fully saturated rings. The van der Waals surface area contributed by atoms with Gasteiger partial charge in [0.05, 0.1) is 30.8 Å². The highest BCUT2D eigenvalue weighted by molar-refractivity contribution is 5.87. The molecule has 2 rings (SSSR count). The molecule has 1 saturated heterocycles. The SMILES string of the molecule is CCC(O)C(C)C1OC1CC(C)C=CC=C(C)C1OC(=O)CC(O)CCC(C)(O)C(=O)CC=C1C. The van der Waals surface area contributed by atoms with Crippen molar-refractivity contribution in [1.82, 2.24) is 0 Å². The highest BCUT2D eigenvalue weighted by Crippen LogP contribution is 2.36. The molecule has 7 nitrogen and oxygen atoms in total. The first-order chi connectivity index (χ1) is 16.4. The Morgan fingerprint density at radius 1 is 1.31 bits per heavy atom. The number of carbonyl (C=O) groups is 2. The van der Waals surface area contributed by atoms with Gasteiger partial charge in [0.15, 0.2) is 5.78 Å². The van der Waals surface area contributed by atoms with E-state index in [-0.39, 0.29) is 61.6 Å². The monoisotopic (exact) mass is 492 g/mol. The summed E-state index contributed by atoms with van der Waals surface area (Å²) in [6.45, 7) is 11.2. The summed E-state index contributed by atoms with van der Waals surface area (Å²) in [4.78, 5) is 24.9. The van der Waals surface area contributed by atoms with Crippen molar-refractivity contribution >= 4 is 11.8 Å². The Bertz CT molecular complexity index is 825. The van der Waals surface area contributed by atoms with Gasteiger partial charge in [-0.2, -0.15) is 0 Å². The maximum Gasteiger partial charge on any atom is 0.309 e. The van der Waals surface area contributed by atoms with E-state index in [1.54, 1.807) is 13.0 Å². The van der Waals surface area contributed by atoms with Crippen molar-refractivity contribution in [3.05, 3.63) is 35.5 Å². The Morgan fingerprint density at radius 2 is 2.00 bits per heavy atom. The number of hydrogen-bond donors (Lipinski definition) is 3. The van der Waals surface area contributed by atoms with Gasteiger partial charge in [0.2, 0.25) is 0 Å². The third-order valence-corrected chi connectivity index (χ3v) is 7.22. The molecule has 8 atom stereocenters. The summed E-state index contributed by atoms with van der Waals surface area (Å²) in [5, 5.41) is 30.6. The molecule has 2 aliphatic heterocycles. The van der Waals surface area contributed by atoms with E-state index in [1.807, 2.05) is 32.9 Å². The molecule has 0 aliphatic carbocycles. The Hall–Kier alpha value is -1.80. The molecular weight excluding hydrogens is 448 g/mol. The van der Waals surface area contributed by atoms with Gasteiger partial charge in [0.25, 0.3) is 0 Å². The molecule has 8 unspecified atom stereocenters. The molecule has 2 heterocycles. The number of esters is 1. The van der Waals surface area contributed by atoms with E-state index >= 15 is 0 Å². The van der Waals surface area contributed by atoms with Gasteiger partial charge in [-0.15, -0.1) is 0 Å². The smallest absolute Gasteiger partial charge is 0.309 e. The van der Waals surface area contributed by atoms with Gasteiger partial charge in [-0.1, -0.05) is 45.1 Å². The van der Waals surface area contributed by atoms with Crippen molar-refractivity contribution in [2.24, 2.45) is 11.8 Å². The van der Waals surface area contributed by atoms with E-state index in [0.717, 1.165) is 18.4 Å². The van der Waals surface area contributed by atoms with Crippen LogP contribution in [0.4, 0.5) is 0 Å². The molecule has 0 aromatic heterocycles. The number of ether oxygens (including phenoxy) is 2. The highest BCUT2D eigenvalue weighted by Gasteiger charge is 2.44. The molecule has 3 N–H and O–H groups in total. The van der Waals surface area contributed by atoms with Gasteiger partial charge in [-0.3, -0.25) is 9.59 Å².